The number of nitrogens with zero attached hydrogens (tertiary/aromatic N) is 3. The van der Waals surface area contributed by atoms with E-state index in [0.717, 1.165) is 38.6 Å². The summed E-state index contributed by atoms with van der Waals surface area (Å²) in [5, 5.41) is 21.4. The lowest BCUT2D eigenvalue weighted by Crippen LogP contribution is -2.25. The zero-order chi connectivity index (χ0) is 26.2. The summed E-state index contributed by atoms with van der Waals surface area (Å²) in [7, 11) is 2.10. The summed E-state index contributed by atoms with van der Waals surface area (Å²) in [4.78, 5) is 2.29. The van der Waals surface area contributed by atoms with Gasteiger partial charge in [0, 0.05) is 12.1 Å². The molecule has 3 nitrogen and oxygen atoms in total. The number of rotatable bonds is 8. The number of hydrogen-bond acceptors (Lipinski definition) is 3. The predicted octanol–water partition coefficient (Wildman–Crippen LogP) is 8.11. The molecule has 37 heavy (non-hydrogen) atoms. The molecule has 0 bridgehead atoms. The van der Waals surface area contributed by atoms with E-state index in [4.69, 9.17) is 5.26 Å². The maximum Gasteiger partial charge on any atom is 0.0998 e. The summed E-state index contributed by atoms with van der Waals surface area (Å²) in [6, 6.07) is 32.9. The van der Waals surface area contributed by atoms with Crippen LogP contribution in [0.2, 0.25) is 0 Å². The molecule has 0 radical (unpaired) electrons. The Hall–Kier alpha value is -4.70. The highest BCUT2D eigenvalue weighted by Gasteiger charge is 2.22. The number of nitriles is 2. The Labute approximate surface area is 219 Å². The molecule has 0 aliphatic heterocycles. The monoisotopic (exact) mass is 479 g/mol. The van der Waals surface area contributed by atoms with Crippen molar-refractivity contribution in [1.29, 1.82) is 10.5 Å². The number of hydrogen-bond donors (Lipinski definition) is 0. The largest absolute Gasteiger partial charge is 0.291 e. The van der Waals surface area contributed by atoms with Crippen molar-refractivity contribution in [3.63, 3.8) is 0 Å². The second-order valence-corrected chi connectivity index (χ2v) is 8.95. The van der Waals surface area contributed by atoms with Gasteiger partial charge in [0.1, 0.15) is 0 Å². The van der Waals surface area contributed by atoms with E-state index in [2.05, 4.69) is 79.2 Å². The van der Waals surface area contributed by atoms with Gasteiger partial charge in [-0.25, -0.2) is 0 Å². The van der Waals surface area contributed by atoms with E-state index >= 15 is 0 Å². The Kier molecular flexibility index (Phi) is 8.11. The topological polar surface area (TPSA) is 50.8 Å². The van der Waals surface area contributed by atoms with Crippen molar-refractivity contribution in [3.05, 3.63) is 144 Å². The van der Waals surface area contributed by atoms with Gasteiger partial charge in [0.15, 0.2) is 0 Å². The first kappa shape index (κ1) is 25.4. The maximum absolute atomic E-state index is 9.98. The van der Waals surface area contributed by atoms with Gasteiger partial charge in [-0.2, -0.15) is 10.5 Å². The van der Waals surface area contributed by atoms with Crippen LogP contribution in [0.25, 0.3) is 21.9 Å². The van der Waals surface area contributed by atoms with Crippen molar-refractivity contribution >= 4 is 10.8 Å². The lowest BCUT2D eigenvalue weighted by molar-refractivity contribution is 0.270. The summed E-state index contributed by atoms with van der Waals surface area (Å²) in [5.74, 6) is 0. The van der Waals surface area contributed by atoms with Crippen LogP contribution in [0.5, 0.6) is 0 Å². The molecule has 0 amide bonds. The van der Waals surface area contributed by atoms with Crippen molar-refractivity contribution in [2.45, 2.75) is 19.5 Å². The van der Waals surface area contributed by atoms with E-state index in [1.807, 2.05) is 61.5 Å². The molecule has 0 N–H and O–H groups in total. The van der Waals surface area contributed by atoms with E-state index in [-0.39, 0.29) is 6.04 Å². The smallest absolute Gasteiger partial charge is 0.0998 e. The summed E-state index contributed by atoms with van der Waals surface area (Å²) in [5.41, 5.74) is 6.63. The summed E-state index contributed by atoms with van der Waals surface area (Å²) < 4.78 is 0. The molecule has 4 aromatic rings. The Morgan fingerprint density at radius 2 is 1.68 bits per heavy atom. The fraction of sp³-hybridized carbons (Fsp3) is 0.118. The quantitative estimate of drug-likeness (QED) is 0.240. The molecule has 0 aliphatic rings. The van der Waals surface area contributed by atoms with Crippen LogP contribution in [0.15, 0.2) is 121 Å². The standard InChI is InChI=1S/C34H29N3/c1-4-6-10-27(5-2)34(37(3)24-26-17-15-25(22-35)16-18-26)29-19-20-30(23-36)33(21-29)32-14-9-12-28-11-7-8-13-31(28)32/h4-21,34H,1,24H2,2-3H3/b10-6-,27-5+. The van der Waals surface area contributed by atoms with Gasteiger partial charge < -0.3 is 0 Å². The van der Waals surface area contributed by atoms with Crippen molar-refractivity contribution in [1.82, 2.24) is 4.90 Å². The van der Waals surface area contributed by atoms with Gasteiger partial charge in [0.2, 0.25) is 0 Å². The number of fused-ring (bicyclic) bond motifs is 1. The number of likely N-dealkylation sites (N-methyl/N-ethyl adjacent to an activating group) is 1. The molecular formula is C34H29N3. The fourth-order valence-electron chi connectivity index (χ4n) is 4.80. The fourth-order valence-corrected chi connectivity index (χ4v) is 4.80. The van der Waals surface area contributed by atoms with E-state index < -0.39 is 0 Å². The third-order valence-electron chi connectivity index (χ3n) is 6.59. The molecule has 0 spiro atoms. The van der Waals surface area contributed by atoms with Gasteiger partial charge in [0.25, 0.3) is 0 Å². The first-order valence-electron chi connectivity index (χ1n) is 12.3. The molecule has 1 unspecified atom stereocenters. The average Bonchev–Trinajstić information content (AvgIpc) is 2.95. The number of allylic oxidation sites excluding steroid dienone is 3. The molecule has 0 saturated heterocycles. The SMILES string of the molecule is C=C/C=C\C(=C/C)C(c1ccc(C#N)c(-c2cccc3ccccc23)c1)N(C)Cc1ccc(C#N)cc1. The third kappa shape index (κ3) is 5.60. The first-order chi connectivity index (χ1) is 18.1. The van der Waals surface area contributed by atoms with Crippen LogP contribution in [-0.4, -0.2) is 11.9 Å². The van der Waals surface area contributed by atoms with Crippen LogP contribution in [0.3, 0.4) is 0 Å². The molecule has 0 aromatic heterocycles. The highest BCUT2D eigenvalue weighted by atomic mass is 15.1. The Morgan fingerprint density at radius 3 is 2.38 bits per heavy atom. The Balaban J connectivity index is 1.84. The maximum atomic E-state index is 9.98. The van der Waals surface area contributed by atoms with Crippen LogP contribution < -0.4 is 0 Å². The lowest BCUT2D eigenvalue weighted by atomic mass is 9.89. The molecular weight excluding hydrogens is 450 g/mol. The van der Waals surface area contributed by atoms with Crippen molar-refractivity contribution in [2.75, 3.05) is 7.05 Å². The van der Waals surface area contributed by atoms with Crippen LogP contribution in [0.4, 0.5) is 0 Å². The van der Waals surface area contributed by atoms with Crippen molar-refractivity contribution < 1.29 is 0 Å². The van der Waals surface area contributed by atoms with Gasteiger partial charge in [-0.1, -0.05) is 91.5 Å². The summed E-state index contributed by atoms with van der Waals surface area (Å²) >= 11 is 0. The van der Waals surface area contributed by atoms with Gasteiger partial charge in [-0.3, -0.25) is 4.90 Å². The molecule has 0 fully saturated rings. The lowest BCUT2D eigenvalue weighted by Gasteiger charge is -2.30. The summed E-state index contributed by atoms with van der Waals surface area (Å²) in [6.45, 7) is 6.58. The first-order valence-corrected chi connectivity index (χ1v) is 12.3. The molecule has 1 atom stereocenters. The normalized spacial score (nSPS) is 12.4. The molecule has 180 valence electrons. The molecule has 0 heterocycles. The second-order valence-electron chi connectivity index (χ2n) is 8.95. The van der Waals surface area contributed by atoms with Gasteiger partial charge >= 0.3 is 0 Å². The predicted molar refractivity (Wildman–Crippen MR) is 153 cm³/mol. The Bertz CT molecular complexity index is 1550. The molecule has 3 heteroatoms. The van der Waals surface area contributed by atoms with E-state index in [9.17, 15) is 5.26 Å². The van der Waals surface area contributed by atoms with Crippen LogP contribution in [0, 0.1) is 22.7 Å². The Morgan fingerprint density at radius 1 is 0.919 bits per heavy atom. The molecule has 4 rings (SSSR count). The number of benzene rings is 4. The van der Waals surface area contributed by atoms with E-state index in [1.54, 1.807) is 6.08 Å². The zero-order valence-corrected chi connectivity index (χ0v) is 21.2. The average molecular weight is 480 g/mol. The van der Waals surface area contributed by atoms with E-state index in [1.165, 1.54) is 0 Å². The van der Waals surface area contributed by atoms with Crippen molar-refractivity contribution in [3.8, 4) is 23.3 Å². The minimum absolute atomic E-state index is 0.0571. The van der Waals surface area contributed by atoms with Gasteiger partial charge in [-0.15, -0.1) is 0 Å². The highest BCUT2D eigenvalue weighted by Crippen LogP contribution is 2.36. The second kappa shape index (κ2) is 11.8. The van der Waals surface area contributed by atoms with Gasteiger partial charge in [-0.05, 0) is 71.3 Å². The van der Waals surface area contributed by atoms with Crippen LogP contribution in [-0.2, 0) is 6.54 Å². The van der Waals surface area contributed by atoms with Gasteiger partial charge in [0.05, 0.1) is 29.3 Å². The minimum Gasteiger partial charge on any atom is -0.291 e. The highest BCUT2D eigenvalue weighted by molar-refractivity contribution is 5.97. The van der Waals surface area contributed by atoms with Crippen LogP contribution in [0.1, 0.15) is 35.2 Å². The van der Waals surface area contributed by atoms with Crippen molar-refractivity contribution in [2.24, 2.45) is 0 Å². The zero-order valence-electron chi connectivity index (χ0n) is 21.2. The molecule has 0 aliphatic carbocycles. The van der Waals surface area contributed by atoms with E-state index in [0.29, 0.717) is 17.7 Å². The minimum atomic E-state index is -0.0571. The van der Waals surface area contributed by atoms with Crippen LogP contribution >= 0.6 is 0 Å². The molecule has 0 saturated carbocycles. The molecule has 4 aromatic carbocycles. The summed E-state index contributed by atoms with van der Waals surface area (Å²) in [6.07, 6.45) is 7.94. The third-order valence-corrected chi connectivity index (χ3v) is 6.59.